The van der Waals surface area contributed by atoms with E-state index in [2.05, 4.69) is 15.4 Å². The van der Waals surface area contributed by atoms with E-state index >= 15 is 0 Å². The van der Waals surface area contributed by atoms with E-state index in [1.807, 2.05) is 67.2 Å². The maximum atomic E-state index is 12.2. The van der Waals surface area contributed by atoms with Gasteiger partial charge in [-0.15, -0.1) is 0 Å². The van der Waals surface area contributed by atoms with Gasteiger partial charge in [0.15, 0.2) is 0 Å². The van der Waals surface area contributed by atoms with Gasteiger partial charge < -0.3 is 10.1 Å². The standard InChI is InChI=1S/C21H24N4O2/c1-16(2)27-21-18(7-6-12-22-21)14-23-20(26)11-10-17-13-24-25(15-17)19-8-4-3-5-9-19/h3-9,12-13,15-16H,10-11,14H2,1-2H3,(H,23,26). The van der Waals surface area contributed by atoms with Crippen LogP contribution in [0, 0.1) is 0 Å². The maximum absolute atomic E-state index is 12.2. The van der Waals surface area contributed by atoms with Crippen LogP contribution in [0.3, 0.4) is 0 Å². The molecule has 0 aliphatic heterocycles. The highest BCUT2D eigenvalue weighted by Crippen LogP contribution is 2.15. The average molecular weight is 364 g/mol. The van der Waals surface area contributed by atoms with Crippen LogP contribution in [0.2, 0.25) is 0 Å². The first-order valence-corrected chi connectivity index (χ1v) is 9.08. The van der Waals surface area contributed by atoms with E-state index < -0.39 is 0 Å². The lowest BCUT2D eigenvalue weighted by molar-refractivity contribution is -0.121. The summed E-state index contributed by atoms with van der Waals surface area (Å²) in [5, 5.41) is 7.29. The molecule has 0 spiro atoms. The molecule has 0 saturated heterocycles. The van der Waals surface area contributed by atoms with Gasteiger partial charge >= 0.3 is 0 Å². The molecule has 0 aliphatic carbocycles. The van der Waals surface area contributed by atoms with Crippen molar-refractivity contribution >= 4 is 5.91 Å². The molecule has 6 nitrogen and oxygen atoms in total. The van der Waals surface area contributed by atoms with Gasteiger partial charge in [0.1, 0.15) is 0 Å². The van der Waals surface area contributed by atoms with Crippen LogP contribution in [-0.4, -0.2) is 26.8 Å². The minimum Gasteiger partial charge on any atom is -0.475 e. The Morgan fingerprint density at radius 1 is 1.19 bits per heavy atom. The van der Waals surface area contributed by atoms with Crippen LogP contribution in [0.1, 0.15) is 31.4 Å². The minimum atomic E-state index is -0.0122. The zero-order chi connectivity index (χ0) is 19.1. The molecule has 140 valence electrons. The second kappa shape index (κ2) is 8.98. The zero-order valence-electron chi connectivity index (χ0n) is 15.6. The molecule has 0 aliphatic rings. The van der Waals surface area contributed by atoms with Gasteiger partial charge in [-0.25, -0.2) is 9.67 Å². The van der Waals surface area contributed by atoms with Crippen molar-refractivity contribution in [1.29, 1.82) is 0 Å². The third kappa shape index (κ3) is 5.41. The van der Waals surface area contributed by atoms with E-state index in [9.17, 15) is 4.79 Å². The molecule has 0 atom stereocenters. The molecule has 1 N–H and O–H groups in total. The molecule has 27 heavy (non-hydrogen) atoms. The smallest absolute Gasteiger partial charge is 0.220 e. The van der Waals surface area contributed by atoms with Gasteiger partial charge in [-0.1, -0.05) is 24.3 Å². The average Bonchev–Trinajstić information content (AvgIpc) is 3.15. The molecular weight excluding hydrogens is 340 g/mol. The molecule has 0 unspecified atom stereocenters. The summed E-state index contributed by atoms with van der Waals surface area (Å²) in [7, 11) is 0. The molecule has 0 bridgehead atoms. The van der Waals surface area contributed by atoms with Crippen molar-refractivity contribution in [3.05, 3.63) is 72.2 Å². The second-order valence-electron chi connectivity index (χ2n) is 6.54. The second-order valence-corrected chi connectivity index (χ2v) is 6.54. The Labute approximate surface area is 159 Å². The fourth-order valence-corrected chi connectivity index (χ4v) is 2.64. The van der Waals surface area contributed by atoms with Gasteiger partial charge in [-0.2, -0.15) is 5.10 Å². The van der Waals surface area contributed by atoms with Crippen LogP contribution in [0.5, 0.6) is 5.88 Å². The number of nitrogens with one attached hydrogen (secondary N) is 1. The Kier molecular flexibility index (Phi) is 6.20. The van der Waals surface area contributed by atoms with E-state index in [0.29, 0.717) is 25.3 Å². The van der Waals surface area contributed by atoms with Crippen LogP contribution in [0.25, 0.3) is 5.69 Å². The summed E-state index contributed by atoms with van der Waals surface area (Å²) in [5.41, 5.74) is 2.90. The Morgan fingerprint density at radius 2 is 2.00 bits per heavy atom. The van der Waals surface area contributed by atoms with E-state index in [1.54, 1.807) is 12.4 Å². The predicted octanol–water partition coefficient (Wildman–Crippen LogP) is 3.30. The Balaban J connectivity index is 1.50. The van der Waals surface area contributed by atoms with Gasteiger partial charge in [0.05, 0.1) is 18.0 Å². The number of benzene rings is 1. The van der Waals surface area contributed by atoms with Crippen molar-refractivity contribution in [2.24, 2.45) is 0 Å². The van der Waals surface area contributed by atoms with Crippen molar-refractivity contribution < 1.29 is 9.53 Å². The van der Waals surface area contributed by atoms with Crippen LogP contribution in [0.4, 0.5) is 0 Å². The molecule has 2 heterocycles. The van der Waals surface area contributed by atoms with Crippen molar-refractivity contribution in [3.63, 3.8) is 0 Å². The summed E-state index contributed by atoms with van der Waals surface area (Å²) in [6.45, 7) is 4.30. The summed E-state index contributed by atoms with van der Waals surface area (Å²) >= 11 is 0. The third-order valence-corrected chi connectivity index (χ3v) is 3.97. The van der Waals surface area contributed by atoms with Gasteiger partial charge in [-0.3, -0.25) is 4.79 Å². The first kappa shape index (κ1) is 18.6. The molecule has 3 aromatic rings. The molecule has 0 radical (unpaired) electrons. The lowest BCUT2D eigenvalue weighted by Gasteiger charge is -2.13. The third-order valence-electron chi connectivity index (χ3n) is 3.97. The van der Waals surface area contributed by atoms with E-state index in [4.69, 9.17) is 4.74 Å². The van der Waals surface area contributed by atoms with Crippen LogP contribution in [-0.2, 0) is 17.8 Å². The van der Waals surface area contributed by atoms with E-state index in [1.165, 1.54) is 0 Å². The highest BCUT2D eigenvalue weighted by atomic mass is 16.5. The van der Waals surface area contributed by atoms with Gasteiger partial charge in [-0.05, 0) is 44.0 Å². The number of carbonyl (C=O) groups excluding carboxylic acids is 1. The number of pyridine rings is 1. The summed E-state index contributed by atoms with van der Waals surface area (Å²) in [6, 6.07) is 13.7. The van der Waals surface area contributed by atoms with Gasteiger partial charge in [0.2, 0.25) is 11.8 Å². The fraction of sp³-hybridized carbons (Fsp3) is 0.286. The van der Waals surface area contributed by atoms with Crippen LogP contribution in [0.15, 0.2) is 61.1 Å². The predicted molar refractivity (Wildman–Crippen MR) is 104 cm³/mol. The molecule has 1 amide bonds. The summed E-state index contributed by atoms with van der Waals surface area (Å²) in [4.78, 5) is 16.4. The summed E-state index contributed by atoms with van der Waals surface area (Å²) < 4.78 is 7.50. The normalized spacial score (nSPS) is 10.8. The van der Waals surface area contributed by atoms with E-state index in [-0.39, 0.29) is 12.0 Å². The number of carbonyl (C=O) groups is 1. The number of hydrogen-bond acceptors (Lipinski definition) is 4. The monoisotopic (exact) mass is 364 g/mol. The number of amides is 1. The molecule has 1 aromatic carbocycles. The minimum absolute atomic E-state index is 0.0122. The van der Waals surface area contributed by atoms with Crippen molar-refractivity contribution in [3.8, 4) is 11.6 Å². The number of ether oxygens (including phenoxy) is 1. The van der Waals surface area contributed by atoms with Gasteiger partial charge in [0.25, 0.3) is 0 Å². The highest BCUT2D eigenvalue weighted by Gasteiger charge is 2.09. The molecular formula is C21H24N4O2. The number of hydrogen-bond donors (Lipinski definition) is 1. The summed E-state index contributed by atoms with van der Waals surface area (Å²) in [5.74, 6) is 0.554. The Bertz CT molecular complexity index is 875. The zero-order valence-corrected chi connectivity index (χ0v) is 15.6. The number of aryl methyl sites for hydroxylation is 1. The molecule has 2 aromatic heterocycles. The quantitative estimate of drug-likeness (QED) is 0.666. The van der Waals surface area contributed by atoms with Crippen molar-refractivity contribution in [2.75, 3.05) is 0 Å². The maximum Gasteiger partial charge on any atom is 0.220 e. The summed E-state index contributed by atoms with van der Waals surface area (Å²) in [6.07, 6.45) is 6.53. The first-order valence-electron chi connectivity index (χ1n) is 9.08. The van der Waals surface area contributed by atoms with Crippen LogP contribution < -0.4 is 10.1 Å². The SMILES string of the molecule is CC(C)Oc1ncccc1CNC(=O)CCc1cnn(-c2ccccc2)c1. The molecule has 0 saturated carbocycles. The first-order chi connectivity index (χ1) is 13.1. The van der Waals surface area contributed by atoms with Gasteiger partial charge in [0, 0.05) is 30.9 Å². The lowest BCUT2D eigenvalue weighted by Crippen LogP contribution is -2.23. The highest BCUT2D eigenvalue weighted by molar-refractivity contribution is 5.76. The number of nitrogens with zero attached hydrogens (tertiary/aromatic N) is 3. The Morgan fingerprint density at radius 3 is 2.78 bits per heavy atom. The number of para-hydroxylation sites is 1. The van der Waals surface area contributed by atoms with Crippen molar-refractivity contribution in [2.45, 2.75) is 39.3 Å². The number of rotatable bonds is 8. The molecule has 3 rings (SSSR count). The Hall–Kier alpha value is -3.15. The topological polar surface area (TPSA) is 69.0 Å². The fourth-order valence-electron chi connectivity index (χ4n) is 2.64. The van der Waals surface area contributed by atoms with Crippen molar-refractivity contribution in [1.82, 2.24) is 20.1 Å². The lowest BCUT2D eigenvalue weighted by atomic mass is 10.2. The molecule has 0 fully saturated rings. The van der Waals surface area contributed by atoms with E-state index in [0.717, 1.165) is 16.8 Å². The number of aromatic nitrogens is 3. The van der Waals surface area contributed by atoms with Crippen LogP contribution >= 0.6 is 0 Å². The molecule has 6 heteroatoms. The largest absolute Gasteiger partial charge is 0.475 e.